The minimum atomic E-state index is 0.0585. The number of ketones is 1. The van der Waals surface area contributed by atoms with Crippen molar-refractivity contribution >= 4 is 5.78 Å². The average molecular weight is 397 g/mol. The summed E-state index contributed by atoms with van der Waals surface area (Å²) < 4.78 is 0. The third kappa shape index (κ3) is 16.5. The second kappa shape index (κ2) is 21.3. The maximum atomic E-state index is 12.4. The Morgan fingerprint density at radius 2 is 1.14 bits per heavy atom. The Balaban J connectivity index is 3.41. The summed E-state index contributed by atoms with van der Waals surface area (Å²) in [4.78, 5) is 14.6. The highest BCUT2D eigenvalue weighted by atomic mass is 16.1. The Hall–Kier alpha value is -0.410. The molecule has 168 valence electrons. The summed E-state index contributed by atoms with van der Waals surface area (Å²) in [6.45, 7) is 9.06. The number of hydrogen-bond acceptors (Lipinski definition) is 3. The number of rotatable bonds is 22. The Morgan fingerprint density at radius 1 is 0.714 bits per heavy atom. The highest BCUT2D eigenvalue weighted by Crippen LogP contribution is 2.14. The third-order valence-electron chi connectivity index (χ3n) is 6.10. The topological polar surface area (TPSA) is 46.3 Å². The van der Waals surface area contributed by atoms with Crippen LogP contribution in [0.2, 0.25) is 0 Å². The van der Waals surface area contributed by atoms with Crippen LogP contribution in [0.4, 0.5) is 0 Å². The Kier molecular flexibility index (Phi) is 21.0. The molecule has 0 heterocycles. The van der Waals surface area contributed by atoms with Crippen LogP contribution in [0.25, 0.3) is 0 Å². The number of carbonyl (C=O) groups is 1. The van der Waals surface area contributed by atoms with Gasteiger partial charge in [0.2, 0.25) is 0 Å². The summed E-state index contributed by atoms with van der Waals surface area (Å²) >= 11 is 0. The fourth-order valence-electron chi connectivity index (χ4n) is 4.00. The van der Waals surface area contributed by atoms with Crippen molar-refractivity contribution in [2.45, 2.75) is 136 Å². The van der Waals surface area contributed by atoms with Crippen molar-refractivity contribution in [2.24, 2.45) is 5.73 Å². The average Bonchev–Trinajstić information content (AvgIpc) is 2.71. The van der Waals surface area contributed by atoms with E-state index in [0.29, 0.717) is 12.3 Å². The molecule has 0 amide bonds. The van der Waals surface area contributed by atoms with Gasteiger partial charge < -0.3 is 5.73 Å². The molecular weight excluding hydrogens is 344 g/mol. The van der Waals surface area contributed by atoms with Crippen LogP contribution in [0, 0.1) is 0 Å². The van der Waals surface area contributed by atoms with Gasteiger partial charge >= 0.3 is 0 Å². The number of likely N-dealkylation sites (N-methyl/N-ethyl adjacent to an activating group) is 1. The molecule has 2 N–H and O–H groups in total. The molecule has 0 saturated carbocycles. The molecule has 0 saturated heterocycles. The van der Waals surface area contributed by atoms with Crippen molar-refractivity contribution in [2.75, 3.05) is 19.6 Å². The van der Waals surface area contributed by atoms with Gasteiger partial charge in [-0.15, -0.1) is 0 Å². The molecule has 0 aliphatic carbocycles. The van der Waals surface area contributed by atoms with Gasteiger partial charge in [-0.2, -0.15) is 0 Å². The predicted molar refractivity (Wildman–Crippen MR) is 125 cm³/mol. The van der Waals surface area contributed by atoms with E-state index in [0.717, 1.165) is 32.4 Å². The van der Waals surface area contributed by atoms with Crippen LogP contribution < -0.4 is 5.73 Å². The summed E-state index contributed by atoms with van der Waals surface area (Å²) in [6.07, 6.45) is 22.2. The number of nitrogens with two attached hydrogens (primary N) is 1. The lowest BCUT2D eigenvalue weighted by Gasteiger charge is -2.26. The Morgan fingerprint density at radius 3 is 1.54 bits per heavy atom. The van der Waals surface area contributed by atoms with Gasteiger partial charge in [0.25, 0.3) is 0 Å². The maximum Gasteiger partial charge on any atom is 0.149 e. The lowest BCUT2D eigenvalue weighted by Crippen LogP contribution is -2.40. The van der Waals surface area contributed by atoms with Crippen LogP contribution in [0.15, 0.2) is 0 Å². The molecule has 0 rings (SSSR count). The molecule has 0 radical (unpaired) electrons. The van der Waals surface area contributed by atoms with E-state index in [9.17, 15) is 4.79 Å². The van der Waals surface area contributed by atoms with Crippen molar-refractivity contribution < 1.29 is 4.79 Å². The van der Waals surface area contributed by atoms with Crippen molar-refractivity contribution in [3.63, 3.8) is 0 Å². The third-order valence-corrected chi connectivity index (χ3v) is 6.10. The lowest BCUT2D eigenvalue weighted by molar-refractivity contribution is -0.123. The molecular formula is C25H52N2O. The van der Waals surface area contributed by atoms with E-state index in [2.05, 4.69) is 25.7 Å². The van der Waals surface area contributed by atoms with Gasteiger partial charge in [-0.25, -0.2) is 0 Å². The van der Waals surface area contributed by atoms with Crippen LogP contribution in [0.3, 0.4) is 0 Å². The first kappa shape index (κ1) is 27.6. The summed E-state index contributed by atoms with van der Waals surface area (Å²) in [5, 5.41) is 0. The first-order valence-electron chi connectivity index (χ1n) is 12.6. The predicted octanol–water partition coefficient (Wildman–Crippen LogP) is 6.88. The molecule has 0 aliphatic rings. The number of unbranched alkanes of at least 4 members (excludes halogenated alkanes) is 14. The summed E-state index contributed by atoms with van der Waals surface area (Å²) in [6, 6.07) is 0.0585. The number of nitrogens with zero attached hydrogens (tertiary/aromatic N) is 1. The van der Waals surface area contributed by atoms with Gasteiger partial charge in [0.05, 0.1) is 6.04 Å². The highest BCUT2D eigenvalue weighted by Gasteiger charge is 2.18. The molecule has 0 fully saturated rings. The van der Waals surface area contributed by atoms with Crippen LogP contribution in [-0.2, 0) is 4.79 Å². The Bertz CT molecular complexity index is 333. The van der Waals surface area contributed by atoms with Gasteiger partial charge in [0.15, 0.2) is 0 Å². The number of carbonyl (C=O) groups excluding carboxylic acids is 1. The lowest BCUT2D eigenvalue weighted by atomic mass is 10.0. The van der Waals surface area contributed by atoms with Crippen LogP contribution in [-0.4, -0.2) is 36.4 Å². The second-order valence-corrected chi connectivity index (χ2v) is 8.61. The molecule has 0 aliphatic heterocycles. The van der Waals surface area contributed by atoms with Crippen LogP contribution in [0.1, 0.15) is 130 Å². The fourth-order valence-corrected chi connectivity index (χ4v) is 4.00. The minimum absolute atomic E-state index is 0.0585. The molecule has 0 aromatic rings. The van der Waals surface area contributed by atoms with Gasteiger partial charge in [0.1, 0.15) is 5.78 Å². The SMILES string of the molecule is CCCCCCCCCCCCCCCCCC(=O)C(C)N(CC)CCCN. The summed E-state index contributed by atoms with van der Waals surface area (Å²) in [7, 11) is 0. The quantitative estimate of drug-likeness (QED) is 0.203. The zero-order valence-corrected chi connectivity index (χ0v) is 19.7. The van der Waals surface area contributed by atoms with E-state index in [1.807, 2.05) is 0 Å². The first-order chi connectivity index (χ1) is 13.7. The van der Waals surface area contributed by atoms with E-state index < -0.39 is 0 Å². The van der Waals surface area contributed by atoms with Gasteiger partial charge in [0, 0.05) is 13.0 Å². The molecule has 0 aromatic carbocycles. The van der Waals surface area contributed by atoms with E-state index in [1.54, 1.807) is 0 Å². The first-order valence-corrected chi connectivity index (χ1v) is 12.6. The van der Waals surface area contributed by atoms with Crippen molar-refractivity contribution in [1.29, 1.82) is 0 Å². The zero-order chi connectivity index (χ0) is 20.9. The van der Waals surface area contributed by atoms with E-state index in [1.165, 1.54) is 89.9 Å². The fraction of sp³-hybridized carbons (Fsp3) is 0.960. The summed E-state index contributed by atoms with van der Waals surface area (Å²) in [5.74, 6) is 0.411. The van der Waals surface area contributed by atoms with Crippen molar-refractivity contribution in [3.8, 4) is 0 Å². The Labute approximate surface area is 177 Å². The van der Waals surface area contributed by atoms with Crippen LogP contribution in [0.5, 0.6) is 0 Å². The second-order valence-electron chi connectivity index (χ2n) is 8.61. The number of hydrogen-bond donors (Lipinski definition) is 1. The van der Waals surface area contributed by atoms with Gasteiger partial charge in [-0.05, 0) is 32.9 Å². The smallest absolute Gasteiger partial charge is 0.149 e. The van der Waals surface area contributed by atoms with E-state index in [4.69, 9.17) is 5.73 Å². The number of Topliss-reactive ketones (excluding diaryl/α,β-unsaturated/α-hetero) is 1. The summed E-state index contributed by atoms with van der Waals surface area (Å²) in [5.41, 5.74) is 5.59. The largest absolute Gasteiger partial charge is 0.330 e. The van der Waals surface area contributed by atoms with E-state index >= 15 is 0 Å². The molecule has 1 unspecified atom stereocenters. The van der Waals surface area contributed by atoms with Crippen molar-refractivity contribution in [1.82, 2.24) is 4.90 Å². The molecule has 0 spiro atoms. The minimum Gasteiger partial charge on any atom is -0.330 e. The van der Waals surface area contributed by atoms with Gasteiger partial charge in [-0.1, -0.05) is 104 Å². The molecule has 1 atom stereocenters. The molecule has 3 nitrogen and oxygen atoms in total. The molecule has 28 heavy (non-hydrogen) atoms. The monoisotopic (exact) mass is 396 g/mol. The molecule has 0 aromatic heterocycles. The zero-order valence-electron chi connectivity index (χ0n) is 19.7. The van der Waals surface area contributed by atoms with E-state index in [-0.39, 0.29) is 6.04 Å². The highest BCUT2D eigenvalue weighted by molar-refractivity contribution is 5.83. The standard InChI is InChI=1S/C25H52N2O/c1-4-6-7-8-9-10-11-12-13-14-15-16-17-18-19-21-25(28)24(3)27(5-2)23-20-22-26/h24H,4-23,26H2,1-3H3. The maximum absolute atomic E-state index is 12.4. The van der Waals surface area contributed by atoms with Crippen molar-refractivity contribution in [3.05, 3.63) is 0 Å². The van der Waals surface area contributed by atoms with Gasteiger partial charge in [-0.3, -0.25) is 9.69 Å². The van der Waals surface area contributed by atoms with Crippen LogP contribution >= 0.6 is 0 Å². The molecule has 0 bridgehead atoms. The normalized spacial score (nSPS) is 12.6. The molecule has 3 heteroatoms.